The van der Waals surface area contributed by atoms with Crippen molar-refractivity contribution in [1.82, 2.24) is 0 Å². The molecular formula is C21H28O7. The highest BCUT2D eigenvalue weighted by Crippen LogP contribution is 2.47. The Bertz CT molecular complexity index is 691. The van der Waals surface area contributed by atoms with Crippen LogP contribution in [0.3, 0.4) is 0 Å². The number of hydrogen-bond donors (Lipinski definition) is 1. The molecule has 3 rings (SSSR count). The molecule has 7 heteroatoms. The minimum atomic E-state index is -1.04. The molecular weight excluding hydrogens is 364 g/mol. The molecule has 0 bridgehead atoms. The summed E-state index contributed by atoms with van der Waals surface area (Å²) in [5.41, 5.74) is 0.235. The van der Waals surface area contributed by atoms with E-state index in [2.05, 4.69) is 4.74 Å². The smallest absolute Gasteiger partial charge is 0.333 e. The Morgan fingerprint density at radius 2 is 2.07 bits per heavy atom. The number of aliphatic hydroxyl groups excluding tert-OH is 1. The van der Waals surface area contributed by atoms with E-state index in [1.54, 1.807) is 6.92 Å². The molecule has 2 heterocycles. The highest BCUT2D eigenvalue weighted by atomic mass is 16.8. The quantitative estimate of drug-likeness (QED) is 0.453. The van der Waals surface area contributed by atoms with E-state index < -0.39 is 23.6 Å². The maximum absolute atomic E-state index is 11.3. The average molecular weight is 392 g/mol. The number of hydrogen-bond acceptors (Lipinski definition) is 7. The van der Waals surface area contributed by atoms with Gasteiger partial charge in [0.25, 0.3) is 0 Å². The van der Waals surface area contributed by atoms with Crippen LogP contribution in [0.5, 0.6) is 0 Å². The number of carbonyl (C=O) groups excluding carboxylic acids is 1. The molecule has 5 atom stereocenters. The zero-order chi connectivity index (χ0) is 20.2. The van der Waals surface area contributed by atoms with Gasteiger partial charge >= 0.3 is 5.97 Å². The van der Waals surface area contributed by atoms with Gasteiger partial charge in [0.2, 0.25) is 5.79 Å². The number of carbonyl (C=O) groups is 1. The molecule has 0 spiro atoms. The molecule has 154 valence electrons. The van der Waals surface area contributed by atoms with Gasteiger partial charge in [0.05, 0.1) is 32.2 Å². The number of fused-ring (bicyclic) bond motifs is 1. The second kappa shape index (κ2) is 8.61. The summed E-state index contributed by atoms with van der Waals surface area (Å²) < 4.78 is 28.9. The van der Waals surface area contributed by atoms with Gasteiger partial charge in [-0.05, 0) is 19.8 Å². The highest BCUT2D eigenvalue weighted by molar-refractivity contribution is 5.81. The fraction of sp³-hybridized carbons (Fsp3) is 0.571. The summed E-state index contributed by atoms with van der Waals surface area (Å²) in [7, 11) is 1.30. The number of rotatable bonds is 6. The lowest BCUT2D eigenvalue weighted by Gasteiger charge is -2.54. The van der Waals surface area contributed by atoms with Gasteiger partial charge < -0.3 is 28.8 Å². The Kier molecular flexibility index (Phi) is 6.40. The highest BCUT2D eigenvalue weighted by Gasteiger charge is 2.56. The number of methoxy groups -OCH3 is 1. The third-order valence-corrected chi connectivity index (χ3v) is 5.42. The first kappa shape index (κ1) is 20.8. The van der Waals surface area contributed by atoms with Crippen LogP contribution in [0.15, 0.2) is 42.7 Å². The van der Waals surface area contributed by atoms with Gasteiger partial charge in [-0.2, -0.15) is 0 Å². The van der Waals surface area contributed by atoms with Crippen LogP contribution >= 0.6 is 0 Å². The van der Waals surface area contributed by atoms with Gasteiger partial charge in [-0.15, -0.1) is 0 Å². The zero-order valence-electron chi connectivity index (χ0n) is 16.5. The number of aliphatic hydroxyl groups is 1. The van der Waals surface area contributed by atoms with E-state index in [-0.39, 0.29) is 18.6 Å². The van der Waals surface area contributed by atoms with Crippen LogP contribution in [0.25, 0.3) is 0 Å². The van der Waals surface area contributed by atoms with Gasteiger partial charge in [-0.3, -0.25) is 0 Å². The molecule has 0 aliphatic carbocycles. The number of benzene rings is 1. The maximum atomic E-state index is 11.3. The molecule has 0 aromatic heterocycles. The summed E-state index contributed by atoms with van der Waals surface area (Å²) in [6, 6.07) is 9.77. The fourth-order valence-electron chi connectivity index (χ4n) is 3.82. The molecule has 0 amide bonds. The van der Waals surface area contributed by atoms with Crippen molar-refractivity contribution >= 4 is 5.97 Å². The van der Waals surface area contributed by atoms with Crippen molar-refractivity contribution in [3.63, 3.8) is 0 Å². The molecule has 2 saturated heterocycles. The predicted molar refractivity (Wildman–Crippen MR) is 100.0 cm³/mol. The average Bonchev–Trinajstić information content (AvgIpc) is 2.69. The Hall–Kier alpha value is -1.93. The van der Waals surface area contributed by atoms with E-state index in [0.717, 1.165) is 5.56 Å². The van der Waals surface area contributed by atoms with Crippen molar-refractivity contribution in [3.05, 3.63) is 48.2 Å². The van der Waals surface area contributed by atoms with Crippen LogP contribution in [0.2, 0.25) is 0 Å². The van der Waals surface area contributed by atoms with Gasteiger partial charge in [-0.25, -0.2) is 4.79 Å². The molecule has 2 fully saturated rings. The van der Waals surface area contributed by atoms with Gasteiger partial charge in [0.15, 0.2) is 6.29 Å². The van der Waals surface area contributed by atoms with Crippen LogP contribution in [-0.4, -0.2) is 48.9 Å². The monoisotopic (exact) mass is 392 g/mol. The minimum Gasteiger partial charge on any atom is -0.470 e. The molecule has 1 aromatic rings. The Morgan fingerprint density at radius 3 is 2.75 bits per heavy atom. The largest absolute Gasteiger partial charge is 0.470 e. The summed E-state index contributed by atoms with van der Waals surface area (Å²) in [5.74, 6) is -1.69. The van der Waals surface area contributed by atoms with Crippen molar-refractivity contribution in [2.75, 3.05) is 20.3 Å². The van der Waals surface area contributed by atoms with Crippen LogP contribution in [0.1, 0.15) is 38.5 Å². The fourth-order valence-corrected chi connectivity index (χ4v) is 3.82. The van der Waals surface area contributed by atoms with E-state index in [1.807, 2.05) is 37.3 Å². The van der Waals surface area contributed by atoms with Crippen LogP contribution < -0.4 is 0 Å². The first-order chi connectivity index (χ1) is 13.4. The molecule has 2 aliphatic rings. The number of ether oxygens (including phenoxy) is 5. The molecule has 0 radical (unpaired) electrons. The molecule has 1 aromatic carbocycles. The topological polar surface area (TPSA) is 83.5 Å². The van der Waals surface area contributed by atoms with Crippen molar-refractivity contribution in [2.45, 2.75) is 50.5 Å². The summed E-state index contributed by atoms with van der Waals surface area (Å²) in [4.78, 5) is 11.3. The Labute approximate surface area is 165 Å². The molecule has 0 saturated carbocycles. The van der Waals surface area contributed by atoms with Crippen LogP contribution in [-0.2, 0) is 28.5 Å². The molecule has 1 N–H and O–H groups in total. The number of esters is 1. The van der Waals surface area contributed by atoms with Crippen LogP contribution in [0, 0.1) is 5.92 Å². The second-order valence-electron chi connectivity index (χ2n) is 7.50. The molecule has 2 aliphatic heterocycles. The van der Waals surface area contributed by atoms with E-state index in [0.29, 0.717) is 19.4 Å². The van der Waals surface area contributed by atoms with Crippen molar-refractivity contribution < 1.29 is 33.6 Å². The first-order valence-electron chi connectivity index (χ1n) is 9.45. The predicted octanol–water partition coefficient (Wildman–Crippen LogP) is 2.70. The van der Waals surface area contributed by atoms with Crippen molar-refractivity contribution in [3.8, 4) is 0 Å². The summed E-state index contributed by atoms with van der Waals surface area (Å²) in [6.07, 6.45) is 2.91. The molecule has 28 heavy (non-hydrogen) atoms. The second-order valence-corrected chi connectivity index (χ2v) is 7.50. The Morgan fingerprint density at radius 1 is 1.32 bits per heavy atom. The third kappa shape index (κ3) is 4.38. The van der Waals surface area contributed by atoms with E-state index in [1.165, 1.54) is 19.4 Å². The lowest BCUT2D eigenvalue weighted by molar-refractivity contribution is -0.391. The Balaban J connectivity index is 1.76. The summed E-state index contributed by atoms with van der Waals surface area (Å²) in [5, 5.41) is 9.52. The van der Waals surface area contributed by atoms with E-state index in [4.69, 9.17) is 18.9 Å². The van der Waals surface area contributed by atoms with Gasteiger partial charge in [-0.1, -0.05) is 30.3 Å². The summed E-state index contributed by atoms with van der Waals surface area (Å²) >= 11 is 0. The van der Waals surface area contributed by atoms with E-state index in [9.17, 15) is 9.90 Å². The lowest BCUT2D eigenvalue weighted by atomic mass is 9.80. The lowest BCUT2D eigenvalue weighted by Crippen LogP contribution is -2.63. The van der Waals surface area contributed by atoms with Crippen molar-refractivity contribution in [2.24, 2.45) is 5.92 Å². The standard InChI is InChI=1S/C21H28O7/c1-20-14-25-19(15-7-5-4-6-8-15)27-17(20)13-16(9-11-22)21(2,28-20)26-12-10-18(23)24-3/h4-8,10,12,16-17,19,22H,9,11,13-14H2,1-3H3/b12-10+/t16-,17+,19-,20-,21-/m1/s1. The summed E-state index contributed by atoms with van der Waals surface area (Å²) in [6.45, 7) is 4.07. The molecule has 7 nitrogen and oxygen atoms in total. The normalized spacial score (nSPS) is 35.4. The first-order valence-corrected chi connectivity index (χ1v) is 9.45. The molecule has 0 unspecified atom stereocenters. The van der Waals surface area contributed by atoms with Gasteiger partial charge in [0, 0.05) is 25.0 Å². The van der Waals surface area contributed by atoms with Gasteiger partial charge in [0.1, 0.15) is 5.60 Å². The van der Waals surface area contributed by atoms with E-state index >= 15 is 0 Å². The zero-order valence-corrected chi connectivity index (χ0v) is 16.5. The maximum Gasteiger partial charge on any atom is 0.333 e. The SMILES string of the molecule is COC(=O)/C=C/O[C@]1(C)O[C@]2(C)CO[C@@H](c3ccccc3)O[C@H]2C[C@H]1CCO. The van der Waals surface area contributed by atoms with Crippen LogP contribution in [0.4, 0.5) is 0 Å². The third-order valence-electron chi connectivity index (χ3n) is 5.42. The van der Waals surface area contributed by atoms with Crippen molar-refractivity contribution in [1.29, 1.82) is 0 Å². The minimum absolute atomic E-state index is 0.00423.